The summed E-state index contributed by atoms with van der Waals surface area (Å²) in [5, 5.41) is -0.247. The van der Waals surface area contributed by atoms with E-state index in [2.05, 4.69) is 4.72 Å². The molecule has 0 aliphatic heterocycles. The third-order valence-electron chi connectivity index (χ3n) is 2.42. The van der Waals surface area contributed by atoms with Crippen LogP contribution in [0.15, 0.2) is 41.3 Å². The van der Waals surface area contributed by atoms with Gasteiger partial charge in [-0.25, -0.2) is 17.2 Å². The number of nitrogen functional groups attached to an aromatic ring is 1. The topological polar surface area (TPSA) is 72.2 Å². The van der Waals surface area contributed by atoms with E-state index in [-0.39, 0.29) is 16.4 Å². The second-order valence-corrected chi connectivity index (χ2v) is 5.98. The van der Waals surface area contributed by atoms with E-state index < -0.39 is 26.6 Å². The molecule has 0 amide bonds. The summed E-state index contributed by atoms with van der Waals surface area (Å²) < 4.78 is 52.7. The van der Waals surface area contributed by atoms with E-state index in [1.165, 1.54) is 12.1 Å². The lowest BCUT2D eigenvalue weighted by atomic mass is 10.3. The Morgan fingerprint density at radius 3 is 2.35 bits per heavy atom. The molecule has 2 rings (SSSR count). The van der Waals surface area contributed by atoms with Crippen LogP contribution in [-0.2, 0) is 10.0 Å². The Balaban J connectivity index is 2.38. The van der Waals surface area contributed by atoms with Crippen molar-refractivity contribution in [1.29, 1.82) is 0 Å². The molecular formula is C12H9ClF2N2O2S. The third-order valence-corrected chi connectivity index (χ3v) is 4.12. The molecule has 0 aliphatic carbocycles. The summed E-state index contributed by atoms with van der Waals surface area (Å²) in [5.41, 5.74) is 5.47. The van der Waals surface area contributed by atoms with Crippen molar-refractivity contribution in [1.82, 2.24) is 0 Å². The van der Waals surface area contributed by atoms with Crippen molar-refractivity contribution < 1.29 is 17.2 Å². The van der Waals surface area contributed by atoms with Crippen molar-refractivity contribution in [3.8, 4) is 0 Å². The monoisotopic (exact) mass is 318 g/mol. The lowest BCUT2D eigenvalue weighted by Gasteiger charge is -2.09. The predicted molar refractivity (Wildman–Crippen MR) is 73.0 cm³/mol. The van der Waals surface area contributed by atoms with E-state index in [9.17, 15) is 17.2 Å². The first-order valence-electron chi connectivity index (χ1n) is 5.32. The molecule has 0 saturated heterocycles. The number of nitrogens with two attached hydrogens (primary N) is 1. The second-order valence-electron chi connectivity index (χ2n) is 3.92. The molecule has 0 bridgehead atoms. The highest BCUT2D eigenvalue weighted by atomic mass is 35.5. The molecule has 106 valence electrons. The average Bonchev–Trinajstić information content (AvgIpc) is 2.33. The van der Waals surface area contributed by atoms with Gasteiger partial charge < -0.3 is 5.73 Å². The fourth-order valence-electron chi connectivity index (χ4n) is 1.50. The van der Waals surface area contributed by atoms with Gasteiger partial charge >= 0.3 is 0 Å². The third kappa shape index (κ3) is 3.00. The van der Waals surface area contributed by atoms with Crippen molar-refractivity contribution in [3.63, 3.8) is 0 Å². The van der Waals surface area contributed by atoms with Gasteiger partial charge in [-0.2, -0.15) is 0 Å². The lowest BCUT2D eigenvalue weighted by Crippen LogP contribution is -2.14. The Hall–Kier alpha value is -1.86. The fraction of sp³-hybridized carbons (Fsp3) is 0. The first-order chi connectivity index (χ1) is 9.29. The number of benzene rings is 2. The van der Waals surface area contributed by atoms with Gasteiger partial charge in [0.25, 0.3) is 10.0 Å². The molecule has 3 N–H and O–H groups in total. The van der Waals surface area contributed by atoms with Gasteiger partial charge in [0.15, 0.2) is 0 Å². The van der Waals surface area contributed by atoms with Gasteiger partial charge in [0.2, 0.25) is 0 Å². The Morgan fingerprint density at radius 2 is 1.75 bits per heavy atom. The first kappa shape index (κ1) is 14.5. The Bertz CT molecular complexity index is 766. The molecule has 0 heterocycles. The van der Waals surface area contributed by atoms with Crippen molar-refractivity contribution in [2.45, 2.75) is 4.90 Å². The Kier molecular flexibility index (Phi) is 3.82. The molecule has 0 aromatic heterocycles. The van der Waals surface area contributed by atoms with Crippen molar-refractivity contribution >= 4 is 33.0 Å². The number of hydrogen-bond donors (Lipinski definition) is 2. The van der Waals surface area contributed by atoms with Gasteiger partial charge in [-0.05, 0) is 36.4 Å². The van der Waals surface area contributed by atoms with Crippen LogP contribution in [0.3, 0.4) is 0 Å². The van der Waals surface area contributed by atoms with Crippen LogP contribution >= 0.6 is 11.6 Å². The molecule has 0 radical (unpaired) electrons. The highest BCUT2D eigenvalue weighted by Crippen LogP contribution is 2.24. The first-order valence-corrected chi connectivity index (χ1v) is 7.18. The fourth-order valence-corrected chi connectivity index (χ4v) is 2.80. The minimum atomic E-state index is -4.15. The summed E-state index contributed by atoms with van der Waals surface area (Å²) in [5.74, 6) is -1.67. The molecule has 2 aromatic carbocycles. The molecule has 2 aromatic rings. The molecule has 8 heteroatoms. The molecule has 4 nitrogen and oxygen atoms in total. The van der Waals surface area contributed by atoms with Gasteiger partial charge in [-0.15, -0.1) is 0 Å². The quantitative estimate of drug-likeness (QED) is 0.854. The van der Waals surface area contributed by atoms with E-state index >= 15 is 0 Å². The van der Waals surface area contributed by atoms with Crippen LogP contribution in [0.5, 0.6) is 0 Å². The summed E-state index contributed by atoms with van der Waals surface area (Å²) in [6.07, 6.45) is 0. The largest absolute Gasteiger partial charge is 0.399 e. The van der Waals surface area contributed by atoms with E-state index in [0.717, 1.165) is 24.3 Å². The van der Waals surface area contributed by atoms with E-state index in [1.54, 1.807) is 0 Å². The maximum atomic E-state index is 13.6. The van der Waals surface area contributed by atoms with Crippen LogP contribution in [0.1, 0.15) is 0 Å². The van der Waals surface area contributed by atoms with Gasteiger partial charge in [0, 0.05) is 5.69 Å². The zero-order valence-corrected chi connectivity index (χ0v) is 11.5. The van der Waals surface area contributed by atoms with Gasteiger partial charge in [-0.1, -0.05) is 11.6 Å². The minimum Gasteiger partial charge on any atom is -0.399 e. The molecule has 0 aliphatic rings. The molecule has 20 heavy (non-hydrogen) atoms. The standard InChI is InChI=1S/C12H9ClF2N2O2S/c13-9-6-8(2-3-10(9)14)17-20(18,19)12-4-1-7(16)5-11(12)15/h1-6,17H,16H2. The molecular weight excluding hydrogens is 310 g/mol. The molecule has 0 spiro atoms. The average molecular weight is 319 g/mol. The Labute approximate surface area is 119 Å². The van der Waals surface area contributed by atoms with E-state index in [1.807, 2.05) is 0 Å². The molecule has 0 saturated carbocycles. The van der Waals surface area contributed by atoms with Gasteiger partial charge in [0.05, 0.1) is 10.7 Å². The van der Waals surface area contributed by atoms with E-state index in [0.29, 0.717) is 0 Å². The molecule has 0 unspecified atom stereocenters. The van der Waals surface area contributed by atoms with Crippen LogP contribution < -0.4 is 10.5 Å². The van der Waals surface area contributed by atoms with Gasteiger partial charge in [0.1, 0.15) is 16.5 Å². The second kappa shape index (κ2) is 5.26. The predicted octanol–water partition coefficient (Wildman–Crippen LogP) is 3.00. The molecule has 0 atom stereocenters. The van der Waals surface area contributed by atoms with Crippen LogP contribution in [0.2, 0.25) is 5.02 Å². The number of anilines is 2. The zero-order chi connectivity index (χ0) is 14.9. The summed E-state index contributed by atoms with van der Waals surface area (Å²) in [6.45, 7) is 0. The molecule has 0 fully saturated rings. The Morgan fingerprint density at radius 1 is 1.05 bits per heavy atom. The van der Waals surface area contributed by atoms with Crippen molar-refractivity contribution in [2.24, 2.45) is 0 Å². The number of hydrogen-bond acceptors (Lipinski definition) is 3. The van der Waals surface area contributed by atoms with Crippen molar-refractivity contribution in [3.05, 3.63) is 53.1 Å². The smallest absolute Gasteiger partial charge is 0.264 e. The zero-order valence-electron chi connectivity index (χ0n) is 9.90. The highest BCUT2D eigenvalue weighted by Gasteiger charge is 2.19. The highest BCUT2D eigenvalue weighted by molar-refractivity contribution is 7.92. The normalized spacial score (nSPS) is 11.3. The van der Waals surface area contributed by atoms with E-state index in [4.69, 9.17) is 17.3 Å². The maximum Gasteiger partial charge on any atom is 0.264 e. The van der Waals surface area contributed by atoms with Crippen LogP contribution in [0.25, 0.3) is 0 Å². The SMILES string of the molecule is Nc1ccc(S(=O)(=O)Nc2ccc(F)c(Cl)c2)c(F)c1. The number of halogens is 3. The summed E-state index contributed by atoms with van der Waals surface area (Å²) in [4.78, 5) is -0.563. The van der Waals surface area contributed by atoms with Gasteiger partial charge in [-0.3, -0.25) is 4.72 Å². The number of nitrogens with one attached hydrogen (secondary N) is 1. The maximum absolute atomic E-state index is 13.6. The van der Waals surface area contributed by atoms with Crippen LogP contribution in [0, 0.1) is 11.6 Å². The van der Waals surface area contributed by atoms with Crippen molar-refractivity contribution in [2.75, 3.05) is 10.5 Å². The number of rotatable bonds is 3. The summed E-state index contributed by atoms with van der Waals surface area (Å²) >= 11 is 5.54. The van der Waals surface area contributed by atoms with Crippen LogP contribution in [-0.4, -0.2) is 8.42 Å². The number of sulfonamides is 1. The minimum absolute atomic E-state index is 0.0209. The summed E-state index contributed by atoms with van der Waals surface area (Å²) in [7, 11) is -4.15. The summed E-state index contributed by atoms with van der Waals surface area (Å²) in [6, 6.07) is 6.46. The van der Waals surface area contributed by atoms with Crippen LogP contribution in [0.4, 0.5) is 20.2 Å². The lowest BCUT2D eigenvalue weighted by molar-refractivity contribution is 0.570.